The van der Waals surface area contributed by atoms with Gasteiger partial charge >= 0.3 is 12.1 Å². The molecule has 0 atom stereocenters. The van der Waals surface area contributed by atoms with Gasteiger partial charge in [0.1, 0.15) is 5.60 Å². The number of rotatable bonds is 1. The number of hydrogen-bond donors (Lipinski definition) is 2. The fourth-order valence-corrected chi connectivity index (χ4v) is 0.649. The number of imide groups is 1. The number of carbonyl (C=O) groups is 2. The van der Waals surface area contributed by atoms with Crippen molar-refractivity contribution in [3.05, 3.63) is 0 Å². The number of thiol groups is 1. The molecule has 0 saturated carbocycles. The minimum Gasteiger partial charge on any atom is -0.443 e. The fraction of sp³-hybridized carbons (Fsp3) is 0.750. The summed E-state index contributed by atoms with van der Waals surface area (Å²) >= 11 is 3.82. The largest absolute Gasteiger partial charge is 0.443 e. The smallest absolute Gasteiger partial charge is 0.415 e. The van der Waals surface area contributed by atoms with Crippen LogP contribution in [-0.2, 0) is 4.74 Å². The topological polar surface area (TPSA) is 58.6 Å². The lowest BCUT2D eigenvalue weighted by Gasteiger charge is -2.20. The van der Waals surface area contributed by atoms with Gasteiger partial charge in [0.25, 0.3) is 0 Å². The van der Waals surface area contributed by atoms with E-state index < -0.39 is 17.7 Å². The Bertz CT molecular complexity index is 225. The lowest BCUT2D eigenvalue weighted by atomic mass is 10.2. The zero-order valence-electron chi connectivity index (χ0n) is 8.83. The van der Waals surface area contributed by atoms with Gasteiger partial charge in [-0.25, -0.2) is 14.9 Å². The van der Waals surface area contributed by atoms with Crippen molar-refractivity contribution in [2.75, 3.05) is 6.54 Å². The zero-order chi connectivity index (χ0) is 11.4. The average molecular weight is 220 g/mol. The van der Waals surface area contributed by atoms with Crippen molar-refractivity contribution in [2.45, 2.75) is 33.3 Å². The quantitative estimate of drug-likeness (QED) is 0.662. The maximum absolute atomic E-state index is 11.1. The highest BCUT2D eigenvalue weighted by Crippen LogP contribution is 2.06. The van der Waals surface area contributed by atoms with Crippen LogP contribution in [0.15, 0.2) is 0 Å². The summed E-state index contributed by atoms with van der Waals surface area (Å²) in [5.74, 6) is 0. The summed E-state index contributed by atoms with van der Waals surface area (Å²) in [6.45, 7) is 7.29. The highest BCUT2D eigenvalue weighted by molar-refractivity contribution is 7.78. The first-order valence-corrected chi connectivity index (χ1v) is 4.66. The van der Waals surface area contributed by atoms with Crippen molar-refractivity contribution in [3.8, 4) is 0 Å². The van der Waals surface area contributed by atoms with Gasteiger partial charge < -0.3 is 4.74 Å². The second kappa shape index (κ2) is 5.09. The predicted octanol–water partition coefficient (Wildman–Crippen LogP) is 1.80. The molecule has 0 fully saturated rings. The van der Waals surface area contributed by atoms with Gasteiger partial charge in [0.15, 0.2) is 0 Å². The third kappa shape index (κ3) is 5.69. The highest BCUT2D eigenvalue weighted by Gasteiger charge is 2.19. The van der Waals surface area contributed by atoms with Crippen molar-refractivity contribution in [3.63, 3.8) is 0 Å². The van der Waals surface area contributed by atoms with Crippen LogP contribution in [0.5, 0.6) is 0 Å². The molecule has 0 unspecified atom stereocenters. The van der Waals surface area contributed by atoms with Gasteiger partial charge in [-0.2, -0.15) is 0 Å². The fourth-order valence-electron chi connectivity index (χ4n) is 0.599. The second-order valence-corrected chi connectivity index (χ2v) is 4.13. The SMILES string of the molecule is CCN(S)C(=O)NC(=O)OC(C)(C)C. The summed E-state index contributed by atoms with van der Waals surface area (Å²) in [5.41, 5.74) is -0.613. The summed E-state index contributed by atoms with van der Waals surface area (Å²) < 4.78 is 5.94. The molecule has 0 saturated heterocycles. The molecule has 6 heteroatoms. The number of ether oxygens (including phenoxy) is 1. The van der Waals surface area contributed by atoms with E-state index in [0.29, 0.717) is 6.54 Å². The molecule has 3 amide bonds. The lowest BCUT2D eigenvalue weighted by molar-refractivity contribution is 0.0543. The molecule has 0 rings (SSSR count). The van der Waals surface area contributed by atoms with Crippen LogP contribution in [0.2, 0.25) is 0 Å². The molecule has 0 aliphatic heterocycles. The van der Waals surface area contributed by atoms with E-state index in [0.717, 1.165) is 4.31 Å². The van der Waals surface area contributed by atoms with Crippen molar-refractivity contribution < 1.29 is 14.3 Å². The molecule has 0 aromatic heterocycles. The summed E-state index contributed by atoms with van der Waals surface area (Å²) in [4.78, 5) is 22.2. The maximum Gasteiger partial charge on any atom is 0.415 e. The number of carbonyl (C=O) groups excluding carboxylic acids is 2. The van der Waals surface area contributed by atoms with Crippen LogP contribution in [0.1, 0.15) is 27.7 Å². The van der Waals surface area contributed by atoms with E-state index in [-0.39, 0.29) is 0 Å². The first kappa shape index (κ1) is 13.1. The molecule has 0 heterocycles. The summed E-state index contributed by atoms with van der Waals surface area (Å²) in [6.07, 6.45) is -0.769. The first-order valence-electron chi connectivity index (χ1n) is 4.26. The molecule has 5 nitrogen and oxygen atoms in total. The van der Waals surface area contributed by atoms with Gasteiger partial charge in [-0.15, -0.1) is 0 Å². The van der Waals surface area contributed by atoms with Crippen molar-refractivity contribution in [2.24, 2.45) is 0 Å². The molecule has 0 spiro atoms. The van der Waals surface area contributed by atoms with Crippen molar-refractivity contribution >= 4 is 24.9 Å². The zero-order valence-corrected chi connectivity index (χ0v) is 9.72. The van der Waals surface area contributed by atoms with Crippen molar-refractivity contribution in [1.82, 2.24) is 9.62 Å². The first-order chi connectivity index (χ1) is 6.26. The Morgan fingerprint density at radius 2 is 1.93 bits per heavy atom. The third-order valence-electron chi connectivity index (χ3n) is 1.14. The van der Waals surface area contributed by atoms with Crippen LogP contribution in [0.25, 0.3) is 0 Å². The minimum atomic E-state index is -0.769. The molecule has 0 radical (unpaired) electrons. The minimum absolute atomic E-state index is 0.401. The molecule has 0 bridgehead atoms. The van der Waals surface area contributed by atoms with Gasteiger partial charge in [0.2, 0.25) is 0 Å². The summed E-state index contributed by atoms with van der Waals surface area (Å²) in [7, 11) is 0. The number of nitrogens with zero attached hydrogens (tertiary/aromatic N) is 1. The highest BCUT2D eigenvalue weighted by atomic mass is 32.1. The monoisotopic (exact) mass is 220 g/mol. The number of urea groups is 1. The molecule has 0 aliphatic carbocycles. The van der Waals surface area contributed by atoms with E-state index in [2.05, 4.69) is 12.8 Å². The Labute approximate surface area is 89.3 Å². The van der Waals surface area contributed by atoms with Crippen LogP contribution in [0.4, 0.5) is 9.59 Å². The predicted molar refractivity (Wildman–Crippen MR) is 56.1 cm³/mol. The molecular weight excluding hydrogens is 204 g/mol. The third-order valence-corrected chi connectivity index (χ3v) is 1.61. The van der Waals surface area contributed by atoms with Gasteiger partial charge in [-0.05, 0) is 27.7 Å². The molecular formula is C8H16N2O3S. The van der Waals surface area contributed by atoms with Gasteiger partial charge in [0.05, 0.1) is 0 Å². The molecule has 82 valence electrons. The van der Waals surface area contributed by atoms with E-state index in [4.69, 9.17) is 4.74 Å². The number of alkyl carbamates (subject to hydrolysis) is 1. The Morgan fingerprint density at radius 1 is 1.43 bits per heavy atom. The van der Waals surface area contributed by atoms with Gasteiger partial charge in [-0.1, -0.05) is 12.8 Å². The van der Waals surface area contributed by atoms with E-state index >= 15 is 0 Å². The van der Waals surface area contributed by atoms with E-state index in [1.54, 1.807) is 27.7 Å². The average Bonchev–Trinajstić information content (AvgIpc) is 1.99. The maximum atomic E-state index is 11.1. The number of amides is 3. The van der Waals surface area contributed by atoms with E-state index in [9.17, 15) is 9.59 Å². The standard InChI is InChI=1S/C8H16N2O3S/c1-5-10(14)6(11)9-7(12)13-8(2,3)4/h14H,5H2,1-4H3,(H,9,11,12). The van der Waals surface area contributed by atoms with Crippen LogP contribution in [0, 0.1) is 0 Å². The molecule has 14 heavy (non-hydrogen) atoms. The van der Waals surface area contributed by atoms with Crippen LogP contribution < -0.4 is 5.32 Å². The number of hydrogen-bond acceptors (Lipinski definition) is 4. The Hall–Kier alpha value is -0.910. The molecule has 1 N–H and O–H groups in total. The van der Waals surface area contributed by atoms with Crippen LogP contribution >= 0.6 is 12.8 Å². The van der Waals surface area contributed by atoms with Crippen LogP contribution in [0.3, 0.4) is 0 Å². The van der Waals surface area contributed by atoms with Crippen molar-refractivity contribution in [1.29, 1.82) is 0 Å². The molecule has 0 aromatic rings. The summed E-state index contributed by atoms with van der Waals surface area (Å²) in [5, 5.41) is 2.04. The molecule has 0 aromatic carbocycles. The Morgan fingerprint density at radius 3 is 2.29 bits per heavy atom. The van der Waals surface area contributed by atoms with E-state index in [1.165, 1.54) is 0 Å². The lowest BCUT2D eigenvalue weighted by Crippen LogP contribution is -2.41. The molecule has 0 aliphatic rings. The number of nitrogens with one attached hydrogen (secondary N) is 1. The Kier molecular flexibility index (Phi) is 4.76. The summed E-state index contributed by atoms with van der Waals surface area (Å²) in [6, 6.07) is -0.593. The second-order valence-electron chi connectivity index (χ2n) is 3.65. The van der Waals surface area contributed by atoms with Gasteiger partial charge in [0, 0.05) is 6.54 Å². The normalized spacial score (nSPS) is 10.6. The Balaban J connectivity index is 4.02. The van der Waals surface area contributed by atoms with Gasteiger partial charge in [-0.3, -0.25) is 4.31 Å². The van der Waals surface area contributed by atoms with E-state index in [1.807, 2.05) is 5.32 Å². The van der Waals surface area contributed by atoms with Crippen LogP contribution in [-0.4, -0.2) is 28.6 Å².